The van der Waals surface area contributed by atoms with Crippen LogP contribution in [0, 0.1) is 36.5 Å². The smallest absolute Gasteiger partial charge is 0.264 e. The number of nitrogens with zero attached hydrogens (tertiary/aromatic N) is 4. The number of hydrogen-bond donors (Lipinski definition) is 0. The number of ether oxygens (including phenoxy) is 4. The van der Waals surface area contributed by atoms with Crippen LogP contribution in [0.2, 0.25) is 10.0 Å². The van der Waals surface area contributed by atoms with Crippen LogP contribution in [-0.4, -0.2) is 39.3 Å². The maximum Gasteiger partial charge on any atom is 0.264 e. The Morgan fingerprint density at radius 3 is 1.28 bits per heavy atom. The minimum absolute atomic E-state index is 0.0239. The number of rotatable bonds is 19. The molecule has 6 aromatic rings. The van der Waals surface area contributed by atoms with Gasteiger partial charge in [-0.15, -0.1) is 0 Å². The SMILES string of the molecule is Cc1c(COc2cc(OCc3cncc(C#N)c3)c(COS(C)(=O)=O)cc2Cl)cccc1-c1cccc(COc2cc(OCc3cncc(C#N)c3)c(COS(C)(=O)=O)cc2Cl)c1C. The predicted molar refractivity (Wildman–Crippen MR) is 239 cm³/mol. The number of hydrogen-bond acceptors (Lipinski definition) is 14. The molecule has 14 nitrogen and oxygen atoms in total. The van der Waals surface area contributed by atoms with Crippen molar-refractivity contribution >= 4 is 43.4 Å². The molecule has 0 saturated carbocycles. The first-order valence-corrected chi connectivity index (χ1v) is 23.6. The highest BCUT2D eigenvalue weighted by atomic mass is 35.5. The molecule has 0 fully saturated rings. The van der Waals surface area contributed by atoms with Crippen molar-refractivity contribution in [2.45, 2.75) is 53.5 Å². The van der Waals surface area contributed by atoms with E-state index in [-0.39, 0.29) is 72.7 Å². The standard InChI is InChI=1S/C46H40Cl2N4O10S2/c1-29-35(25-59-45-15-43(37(13-41(45)47)27-61-63(3,53)54)57-23-33-11-31(17-49)19-51-21-33)7-5-9-39(29)40-10-6-8-36(30(40)2)26-60-46-16-44(38(14-42(46)48)28-62-64(4,55)56)58-24-34-12-32(18-50)20-52-22-34/h5-16,19-22H,23-28H2,1-4H3. The van der Waals surface area contributed by atoms with Crippen LogP contribution in [0.3, 0.4) is 0 Å². The molecule has 0 unspecified atom stereocenters. The third-order valence-corrected chi connectivity index (χ3v) is 11.4. The molecule has 4 aromatic carbocycles. The molecule has 0 N–H and O–H groups in total. The fourth-order valence-corrected chi connectivity index (χ4v) is 7.52. The van der Waals surface area contributed by atoms with Crippen LogP contribution in [0.25, 0.3) is 11.1 Å². The van der Waals surface area contributed by atoms with Gasteiger partial charge in [0.1, 0.15) is 61.6 Å². The number of pyridine rings is 2. The third-order valence-electron chi connectivity index (χ3n) is 9.67. The second-order valence-electron chi connectivity index (χ2n) is 14.4. The van der Waals surface area contributed by atoms with Crippen LogP contribution in [0.4, 0.5) is 0 Å². The normalized spacial score (nSPS) is 11.4. The van der Waals surface area contributed by atoms with Gasteiger partial charge in [0, 0.05) is 59.2 Å². The van der Waals surface area contributed by atoms with E-state index in [9.17, 15) is 27.4 Å². The van der Waals surface area contributed by atoms with Crippen LogP contribution in [0.5, 0.6) is 23.0 Å². The number of benzene rings is 4. The van der Waals surface area contributed by atoms with E-state index in [0.717, 1.165) is 45.9 Å². The van der Waals surface area contributed by atoms with Gasteiger partial charge in [-0.1, -0.05) is 59.6 Å². The second kappa shape index (κ2) is 21.0. The second-order valence-corrected chi connectivity index (χ2v) is 18.5. The molecule has 0 bridgehead atoms. The Hall–Kier alpha value is -6.24. The lowest BCUT2D eigenvalue weighted by Crippen LogP contribution is -2.07. The fraction of sp³-hybridized carbons (Fsp3) is 0.217. The quantitative estimate of drug-likeness (QED) is 0.0697. The highest BCUT2D eigenvalue weighted by Crippen LogP contribution is 2.38. The molecule has 0 amide bonds. The number of nitriles is 2. The van der Waals surface area contributed by atoms with Gasteiger partial charge in [0.25, 0.3) is 20.2 Å². The van der Waals surface area contributed by atoms with Crippen molar-refractivity contribution in [2.75, 3.05) is 12.5 Å². The molecular weight excluding hydrogens is 904 g/mol. The van der Waals surface area contributed by atoms with Crippen molar-refractivity contribution < 1.29 is 44.1 Å². The lowest BCUT2D eigenvalue weighted by atomic mass is 9.92. The van der Waals surface area contributed by atoms with Crippen LogP contribution in [0.1, 0.15) is 55.6 Å². The Balaban J connectivity index is 1.20. The number of halogens is 2. The Morgan fingerprint density at radius 2 is 0.906 bits per heavy atom. The minimum atomic E-state index is -3.78. The van der Waals surface area contributed by atoms with Gasteiger partial charge in [0.2, 0.25) is 0 Å². The van der Waals surface area contributed by atoms with Gasteiger partial charge in [0.05, 0.1) is 46.9 Å². The lowest BCUT2D eigenvalue weighted by Gasteiger charge is -2.19. The molecule has 0 spiro atoms. The highest BCUT2D eigenvalue weighted by Gasteiger charge is 2.18. The summed E-state index contributed by atoms with van der Waals surface area (Å²) in [6.45, 7) is 3.63. The molecule has 0 atom stereocenters. The molecule has 18 heteroatoms. The maximum atomic E-state index is 11.8. The van der Waals surface area contributed by atoms with E-state index in [1.165, 1.54) is 24.5 Å². The summed E-state index contributed by atoms with van der Waals surface area (Å²) in [5.41, 5.74) is 8.25. The van der Waals surface area contributed by atoms with E-state index in [0.29, 0.717) is 33.4 Å². The van der Waals surface area contributed by atoms with Crippen molar-refractivity contribution in [3.8, 4) is 46.3 Å². The van der Waals surface area contributed by atoms with E-state index in [4.69, 9.17) is 50.5 Å². The van der Waals surface area contributed by atoms with Gasteiger partial charge in [-0.05, 0) is 71.5 Å². The summed E-state index contributed by atoms with van der Waals surface area (Å²) in [5.74, 6) is 1.12. The monoisotopic (exact) mass is 942 g/mol. The summed E-state index contributed by atoms with van der Waals surface area (Å²) in [5, 5.41) is 19.0. The first-order chi connectivity index (χ1) is 30.5. The van der Waals surface area contributed by atoms with Crippen molar-refractivity contribution in [1.29, 1.82) is 10.5 Å². The van der Waals surface area contributed by atoms with E-state index >= 15 is 0 Å². The molecule has 0 radical (unpaired) electrons. The van der Waals surface area contributed by atoms with Crippen molar-refractivity contribution in [3.05, 3.63) is 163 Å². The molecule has 330 valence electrons. The zero-order chi connectivity index (χ0) is 46.0. The Kier molecular flexibility index (Phi) is 15.5. The summed E-state index contributed by atoms with van der Waals surface area (Å²) >= 11 is 13.3. The van der Waals surface area contributed by atoms with E-state index < -0.39 is 20.2 Å². The average molecular weight is 944 g/mol. The molecular formula is C46H40Cl2N4O10S2. The predicted octanol–water partition coefficient (Wildman–Crippen LogP) is 9.08. The first-order valence-electron chi connectivity index (χ1n) is 19.2. The van der Waals surface area contributed by atoms with Crippen LogP contribution in [-0.2, 0) is 68.2 Å². The molecule has 0 aliphatic rings. The Morgan fingerprint density at radius 1 is 0.516 bits per heavy atom. The first kappa shape index (κ1) is 47.2. The van der Waals surface area contributed by atoms with E-state index in [2.05, 4.69) is 9.97 Å². The zero-order valence-electron chi connectivity index (χ0n) is 34.9. The van der Waals surface area contributed by atoms with Gasteiger partial charge in [-0.3, -0.25) is 18.3 Å². The van der Waals surface area contributed by atoms with Gasteiger partial charge in [0.15, 0.2) is 0 Å². The average Bonchev–Trinajstić information content (AvgIpc) is 3.26. The van der Waals surface area contributed by atoms with Crippen molar-refractivity contribution in [3.63, 3.8) is 0 Å². The molecule has 64 heavy (non-hydrogen) atoms. The molecule has 0 saturated heterocycles. The summed E-state index contributed by atoms with van der Waals surface area (Å²) < 4.78 is 82.0. The van der Waals surface area contributed by atoms with Crippen molar-refractivity contribution in [2.24, 2.45) is 0 Å². The van der Waals surface area contributed by atoms with Gasteiger partial charge in [-0.2, -0.15) is 27.4 Å². The molecule has 0 aliphatic carbocycles. The minimum Gasteiger partial charge on any atom is -0.488 e. The number of aromatic nitrogens is 2. The van der Waals surface area contributed by atoms with Crippen LogP contribution < -0.4 is 18.9 Å². The summed E-state index contributed by atoms with van der Waals surface area (Å²) in [4.78, 5) is 8.13. The molecule has 2 aromatic heterocycles. The Labute approximate surface area is 381 Å². The van der Waals surface area contributed by atoms with Gasteiger partial charge >= 0.3 is 0 Å². The largest absolute Gasteiger partial charge is 0.488 e. The van der Waals surface area contributed by atoms with Gasteiger partial charge < -0.3 is 18.9 Å². The molecule has 2 heterocycles. The van der Waals surface area contributed by atoms with E-state index in [1.807, 2.05) is 62.4 Å². The topological polar surface area (TPSA) is 197 Å². The molecule has 0 aliphatic heterocycles. The summed E-state index contributed by atoms with van der Waals surface area (Å²) in [6, 6.07) is 25.3. The highest BCUT2D eigenvalue weighted by molar-refractivity contribution is 7.86. The van der Waals surface area contributed by atoms with Crippen LogP contribution >= 0.6 is 23.2 Å². The van der Waals surface area contributed by atoms with Crippen molar-refractivity contribution in [1.82, 2.24) is 9.97 Å². The van der Waals surface area contributed by atoms with Gasteiger partial charge in [-0.25, -0.2) is 0 Å². The Bertz CT molecular complexity index is 2810. The summed E-state index contributed by atoms with van der Waals surface area (Å²) in [7, 11) is -7.56. The maximum absolute atomic E-state index is 11.8. The lowest BCUT2D eigenvalue weighted by molar-refractivity contribution is 0.270. The fourth-order valence-electron chi connectivity index (χ4n) is 6.36. The third kappa shape index (κ3) is 12.9. The molecule has 6 rings (SSSR count). The van der Waals surface area contributed by atoms with Crippen LogP contribution in [0.15, 0.2) is 97.6 Å². The van der Waals surface area contributed by atoms with E-state index in [1.54, 1.807) is 36.7 Å². The zero-order valence-corrected chi connectivity index (χ0v) is 38.1. The summed E-state index contributed by atoms with van der Waals surface area (Å²) in [6.07, 6.45) is 7.88.